The Balaban J connectivity index is 1.66. The largest absolute Gasteiger partial charge is 0.490 e. The molecule has 0 atom stereocenters. The molecule has 0 bridgehead atoms. The van der Waals surface area contributed by atoms with Crippen LogP contribution >= 0.6 is 0 Å². The number of rotatable bonds is 2. The van der Waals surface area contributed by atoms with Gasteiger partial charge in [-0.2, -0.15) is 0 Å². The SMILES string of the molecule is Cc1ccc2cc(OC3CCC(C(C)(C)C)CC3)ccc2n1. The Morgan fingerprint density at radius 1 is 1.00 bits per heavy atom. The smallest absolute Gasteiger partial charge is 0.120 e. The molecule has 1 saturated carbocycles. The molecule has 0 spiro atoms. The quantitative estimate of drug-likeness (QED) is 0.727. The van der Waals surface area contributed by atoms with Crippen LogP contribution < -0.4 is 4.74 Å². The number of pyridine rings is 1. The van der Waals surface area contributed by atoms with Crippen molar-refractivity contribution in [1.29, 1.82) is 0 Å². The van der Waals surface area contributed by atoms with Crippen molar-refractivity contribution in [2.24, 2.45) is 11.3 Å². The van der Waals surface area contributed by atoms with Gasteiger partial charge in [-0.1, -0.05) is 26.8 Å². The molecule has 0 amide bonds. The molecule has 0 aliphatic heterocycles. The van der Waals surface area contributed by atoms with Crippen molar-refractivity contribution < 1.29 is 4.74 Å². The summed E-state index contributed by atoms with van der Waals surface area (Å²) in [7, 11) is 0. The molecule has 2 aromatic rings. The van der Waals surface area contributed by atoms with Crippen molar-refractivity contribution in [3.05, 3.63) is 36.0 Å². The minimum Gasteiger partial charge on any atom is -0.490 e. The molecule has 2 heteroatoms. The predicted molar refractivity (Wildman–Crippen MR) is 92.3 cm³/mol. The summed E-state index contributed by atoms with van der Waals surface area (Å²) in [6.07, 6.45) is 5.28. The maximum Gasteiger partial charge on any atom is 0.120 e. The third-order valence-corrected chi connectivity index (χ3v) is 5.00. The van der Waals surface area contributed by atoms with Crippen LogP contribution in [0.3, 0.4) is 0 Å². The second-order valence-electron chi connectivity index (χ2n) is 7.76. The number of nitrogens with zero attached hydrogens (tertiary/aromatic N) is 1. The Morgan fingerprint density at radius 2 is 1.73 bits per heavy atom. The van der Waals surface area contributed by atoms with Crippen molar-refractivity contribution in [3.63, 3.8) is 0 Å². The van der Waals surface area contributed by atoms with Gasteiger partial charge in [0.05, 0.1) is 11.6 Å². The van der Waals surface area contributed by atoms with Crippen molar-refractivity contribution >= 4 is 10.9 Å². The molecule has 118 valence electrons. The van der Waals surface area contributed by atoms with E-state index in [0.717, 1.165) is 28.3 Å². The lowest BCUT2D eigenvalue weighted by Crippen LogP contribution is -2.30. The van der Waals surface area contributed by atoms with E-state index in [2.05, 4.69) is 56.1 Å². The lowest BCUT2D eigenvalue weighted by Gasteiger charge is -2.36. The fourth-order valence-electron chi connectivity index (χ4n) is 3.52. The number of hydrogen-bond acceptors (Lipinski definition) is 2. The minimum absolute atomic E-state index is 0.370. The zero-order valence-electron chi connectivity index (χ0n) is 14.2. The van der Waals surface area contributed by atoms with Gasteiger partial charge >= 0.3 is 0 Å². The van der Waals surface area contributed by atoms with Gasteiger partial charge in [-0.15, -0.1) is 0 Å². The Hall–Kier alpha value is -1.57. The first kappa shape index (κ1) is 15.3. The molecule has 1 fully saturated rings. The highest BCUT2D eigenvalue weighted by atomic mass is 16.5. The van der Waals surface area contributed by atoms with Gasteiger partial charge < -0.3 is 4.74 Å². The third-order valence-electron chi connectivity index (χ3n) is 5.00. The monoisotopic (exact) mass is 297 g/mol. The average Bonchev–Trinajstić information content (AvgIpc) is 2.47. The van der Waals surface area contributed by atoms with E-state index in [9.17, 15) is 0 Å². The maximum absolute atomic E-state index is 6.23. The van der Waals surface area contributed by atoms with E-state index < -0.39 is 0 Å². The van der Waals surface area contributed by atoms with Crippen LogP contribution in [0.2, 0.25) is 0 Å². The fraction of sp³-hybridized carbons (Fsp3) is 0.550. The molecule has 1 aliphatic carbocycles. The highest BCUT2D eigenvalue weighted by molar-refractivity contribution is 5.80. The van der Waals surface area contributed by atoms with Gasteiger partial charge in [0.25, 0.3) is 0 Å². The van der Waals surface area contributed by atoms with E-state index in [0.29, 0.717) is 11.5 Å². The van der Waals surface area contributed by atoms with Crippen LogP contribution in [0, 0.1) is 18.3 Å². The Bertz CT molecular complexity index is 648. The van der Waals surface area contributed by atoms with E-state index >= 15 is 0 Å². The van der Waals surface area contributed by atoms with Gasteiger partial charge in [0.15, 0.2) is 0 Å². The predicted octanol–water partition coefficient (Wildman–Crippen LogP) is 5.53. The van der Waals surface area contributed by atoms with E-state index in [1.165, 1.54) is 25.7 Å². The van der Waals surface area contributed by atoms with Crippen LogP contribution in [0.15, 0.2) is 30.3 Å². The van der Waals surface area contributed by atoms with Crippen molar-refractivity contribution in [3.8, 4) is 5.75 Å². The zero-order chi connectivity index (χ0) is 15.7. The van der Waals surface area contributed by atoms with Crippen LogP contribution in [-0.2, 0) is 0 Å². The third kappa shape index (κ3) is 3.43. The van der Waals surface area contributed by atoms with Gasteiger partial charge in [0.2, 0.25) is 0 Å². The molecule has 1 aromatic carbocycles. The molecule has 0 N–H and O–H groups in total. The van der Waals surface area contributed by atoms with Crippen LogP contribution in [0.25, 0.3) is 10.9 Å². The van der Waals surface area contributed by atoms with Crippen LogP contribution in [0.5, 0.6) is 5.75 Å². The van der Waals surface area contributed by atoms with Crippen LogP contribution in [-0.4, -0.2) is 11.1 Å². The lowest BCUT2D eigenvalue weighted by molar-refractivity contribution is 0.0883. The number of ether oxygens (including phenoxy) is 1. The summed E-state index contributed by atoms with van der Waals surface area (Å²) in [4.78, 5) is 4.54. The standard InChI is InChI=1S/C20H27NO/c1-14-5-6-15-13-18(11-12-19(15)21-14)22-17-9-7-16(8-10-17)20(2,3)4/h5-6,11-13,16-17H,7-10H2,1-4H3. The summed E-state index contributed by atoms with van der Waals surface area (Å²) < 4.78 is 6.23. The maximum atomic E-state index is 6.23. The van der Waals surface area contributed by atoms with Crippen LogP contribution in [0.4, 0.5) is 0 Å². The van der Waals surface area contributed by atoms with E-state index in [-0.39, 0.29) is 0 Å². The lowest BCUT2D eigenvalue weighted by atomic mass is 9.72. The molecule has 1 aromatic heterocycles. The fourth-order valence-corrected chi connectivity index (χ4v) is 3.52. The molecule has 1 aliphatic rings. The normalized spacial score (nSPS) is 22.7. The number of benzene rings is 1. The second kappa shape index (κ2) is 5.91. The summed E-state index contributed by atoms with van der Waals surface area (Å²) >= 11 is 0. The molecule has 22 heavy (non-hydrogen) atoms. The first-order valence-corrected chi connectivity index (χ1v) is 8.46. The Morgan fingerprint density at radius 3 is 2.41 bits per heavy atom. The van der Waals surface area contributed by atoms with Crippen LogP contribution in [0.1, 0.15) is 52.1 Å². The molecule has 0 unspecified atom stereocenters. The van der Waals surface area contributed by atoms with Gasteiger partial charge in [-0.25, -0.2) is 0 Å². The zero-order valence-corrected chi connectivity index (χ0v) is 14.2. The van der Waals surface area contributed by atoms with E-state index in [1.54, 1.807) is 0 Å². The number of hydrogen-bond donors (Lipinski definition) is 0. The van der Waals surface area contributed by atoms with Crippen molar-refractivity contribution in [2.45, 2.75) is 59.5 Å². The van der Waals surface area contributed by atoms with E-state index in [4.69, 9.17) is 4.74 Å². The Kier molecular flexibility index (Phi) is 4.12. The summed E-state index contributed by atoms with van der Waals surface area (Å²) in [6.45, 7) is 9.10. The summed E-state index contributed by atoms with van der Waals surface area (Å²) in [5.41, 5.74) is 2.53. The highest BCUT2D eigenvalue weighted by Gasteiger charge is 2.30. The number of aromatic nitrogens is 1. The first-order valence-electron chi connectivity index (χ1n) is 8.46. The second-order valence-corrected chi connectivity index (χ2v) is 7.76. The molecule has 3 rings (SSSR count). The topological polar surface area (TPSA) is 22.1 Å². The Labute approximate surface area is 133 Å². The molecule has 1 heterocycles. The summed E-state index contributed by atoms with van der Waals surface area (Å²) in [6, 6.07) is 10.4. The van der Waals surface area contributed by atoms with Crippen molar-refractivity contribution in [2.75, 3.05) is 0 Å². The van der Waals surface area contributed by atoms with Crippen molar-refractivity contribution in [1.82, 2.24) is 4.98 Å². The molecule has 0 radical (unpaired) electrons. The highest BCUT2D eigenvalue weighted by Crippen LogP contribution is 2.38. The molecule has 0 saturated heterocycles. The van der Waals surface area contributed by atoms with Gasteiger partial charge in [-0.05, 0) is 68.2 Å². The van der Waals surface area contributed by atoms with E-state index in [1.807, 2.05) is 6.92 Å². The first-order chi connectivity index (χ1) is 10.4. The van der Waals surface area contributed by atoms with Gasteiger partial charge in [-0.3, -0.25) is 4.98 Å². The molecular formula is C20H27NO. The van der Waals surface area contributed by atoms with Gasteiger partial charge in [0.1, 0.15) is 5.75 Å². The average molecular weight is 297 g/mol. The van der Waals surface area contributed by atoms with Gasteiger partial charge in [0, 0.05) is 11.1 Å². The number of fused-ring (bicyclic) bond motifs is 1. The summed E-state index contributed by atoms with van der Waals surface area (Å²) in [5, 5.41) is 1.16. The molecule has 2 nitrogen and oxygen atoms in total. The summed E-state index contributed by atoms with van der Waals surface area (Å²) in [5.74, 6) is 1.81. The molecular weight excluding hydrogens is 270 g/mol. The number of aryl methyl sites for hydroxylation is 1. The minimum atomic E-state index is 0.370.